The molecule has 0 unspecified atom stereocenters. The molecule has 2 nitrogen and oxygen atoms in total. The van der Waals surface area contributed by atoms with Gasteiger partial charge in [0.2, 0.25) is 5.91 Å². The van der Waals surface area contributed by atoms with Crippen molar-refractivity contribution in [1.29, 1.82) is 0 Å². The highest BCUT2D eigenvalue weighted by Gasteiger charge is 2.07. The molecule has 0 saturated carbocycles. The largest absolute Gasteiger partial charge is 0.328 e. The average Bonchev–Trinajstić information content (AvgIpc) is 2.54. The number of amides is 1. The summed E-state index contributed by atoms with van der Waals surface area (Å²) in [6.07, 6.45) is 22.5. The van der Waals surface area contributed by atoms with Crippen molar-refractivity contribution in [2.45, 2.75) is 84.0 Å². The van der Waals surface area contributed by atoms with Gasteiger partial charge in [0.05, 0.1) is 6.54 Å². The smallest absolute Gasteiger partial charge is 0.246 e. The first-order chi connectivity index (χ1) is 10.8. The van der Waals surface area contributed by atoms with E-state index in [1.54, 1.807) is 4.90 Å². The molecule has 2 heteroatoms. The Morgan fingerprint density at radius 2 is 1.41 bits per heavy atom. The maximum absolute atomic E-state index is 11.5. The van der Waals surface area contributed by atoms with Crippen molar-refractivity contribution >= 4 is 5.91 Å². The monoisotopic (exact) mass is 305 g/mol. The molecule has 0 fully saturated rings. The van der Waals surface area contributed by atoms with Crippen molar-refractivity contribution in [3.63, 3.8) is 0 Å². The lowest BCUT2D eigenvalue weighted by Gasteiger charge is -2.18. The van der Waals surface area contributed by atoms with Crippen LogP contribution in [0.15, 0.2) is 12.7 Å². The highest BCUT2D eigenvalue weighted by molar-refractivity contribution is 5.87. The molecule has 22 heavy (non-hydrogen) atoms. The Balaban J connectivity index is 3.37. The van der Waals surface area contributed by atoms with E-state index in [2.05, 4.69) is 19.4 Å². The van der Waals surface area contributed by atoms with Gasteiger partial charge in [-0.15, -0.1) is 6.42 Å². The lowest BCUT2D eigenvalue weighted by Crippen LogP contribution is -2.30. The van der Waals surface area contributed by atoms with Crippen LogP contribution in [0, 0.1) is 12.3 Å². The van der Waals surface area contributed by atoms with E-state index in [0.29, 0.717) is 6.54 Å². The van der Waals surface area contributed by atoms with Crippen molar-refractivity contribution in [3.05, 3.63) is 12.7 Å². The molecule has 0 aliphatic carbocycles. The third-order valence-electron chi connectivity index (χ3n) is 4.05. The van der Waals surface area contributed by atoms with Crippen LogP contribution in [0.2, 0.25) is 0 Å². The Hall–Kier alpha value is -1.23. The van der Waals surface area contributed by atoms with Crippen molar-refractivity contribution in [1.82, 2.24) is 4.90 Å². The third-order valence-corrected chi connectivity index (χ3v) is 4.05. The second-order valence-electron chi connectivity index (χ2n) is 6.06. The SMILES string of the molecule is C#CCN(CCCCCCCCCCCCCC)C(=O)C=C. The minimum Gasteiger partial charge on any atom is -0.328 e. The van der Waals surface area contributed by atoms with Gasteiger partial charge in [-0.1, -0.05) is 90.1 Å². The van der Waals surface area contributed by atoms with Crippen molar-refractivity contribution < 1.29 is 4.79 Å². The molecule has 0 aliphatic heterocycles. The normalized spacial score (nSPS) is 10.2. The van der Waals surface area contributed by atoms with Gasteiger partial charge in [-0.05, 0) is 12.5 Å². The van der Waals surface area contributed by atoms with E-state index in [-0.39, 0.29) is 5.91 Å². The van der Waals surface area contributed by atoms with Gasteiger partial charge in [-0.2, -0.15) is 0 Å². The Morgan fingerprint density at radius 1 is 0.955 bits per heavy atom. The molecule has 0 radical (unpaired) electrons. The van der Waals surface area contributed by atoms with Crippen LogP contribution in [0.1, 0.15) is 84.0 Å². The topological polar surface area (TPSA) is 20.3 Å². The van der Waals surface area contributed by atoms with Crippen LogP contribution in [0.3, 0.4) is 0 Å². The number of rotatable bonds is 15. The second kappa shape index (κ2) is 16.1. The van der Waals surface area contributed by atoms with Crippen LogP contribution >= 0.6 is 0 Å². The lowest BCUT2D eigenvalue weighted by molar-refractivity contribution is -0.125. The molecule has 0 heterocycles. The summed E-state index contributed by atoms with van der Waals surface area (Å²) in [5.41, 5.74) is 0. The number of nitrogens with zero attached hydrogens (tertiary/aromatic N) is 1. The predicted octanol–water partition coefficient (Wildman–Crippen LogP) is 5.34. The van der Waals surface area contributed by atoms with Gasteiger partial charge < -0.3 is 4.90 Å². The molecule has 0 aliphatic rings. The number of unbranched alkanes of at least 4 members (excludes halogenated alkanes) is 11. The summed E-state index contributed by atoms with van der Waals surface area (Å²) in [6, 6.07) is 0. The first-order valence-electron chi connectivity index (χ1n) is 9.11. The summed E-state index contributed by atoms with van der Waals surface area (Å²) < 4.78 is 0. The summed E-state index contributed by atoms with van der Waals surface area (Å²) in [5.74, 6) is 2.48. The molecular weight excluding hydrogens is 270 g/mol. The molecule has 0 aromatic heterocycles. The van der Waals surface area contributed by atoms with Crippen LogP contribution in [-0.4, -0.2) is 23.9 Å². The van der Waals surface area contributed by atoms with Crippen LogP contribution in [0.4, 0.5) is 0 Å². The van der Waals surface area contributed by atoms with E-state index in [9.17, 15) is 4.79 Å². The summed E-state index contributed by atoms with van der Waals surface area (Å²) in [5, 5.41) is 0. The third kappa shape index (κ3) is 12.5. The zero-order valence-corrected chi connectivity index (χ0v) is 14.6. The average molecular weight is 306 g/mol. The number of hydrogen-bond donors (Lipinski definition) is 0. The zero-order chi connectivity index (χ0) is 16.5. The van der Waals surface area contributed by atoms with E-state index in [1.807, 2.05) is 0 Å². The fourth-order valence-corrected chi connectivity index (χ4v) is 2.65. The minimum absolute atomic E-state index is 0.0546. The molecule has 0 bridgehead atoms. The van der Waals surface area contributed by atoms with Gasteiger partial charge in [0, 0.05) is 6.54 Å². The van der Waals surface area contributed by atoms with Gasteiger partial charge in [-0.3, -0.25) is 4.79 Å². The summed E-state index contributed by atoms with van der Waals surface area (Å²) in [7, 11) is 0. The second-order valence-corrected chi connectivity index (χ2v) is 6.06. The Labute approximate surface area is 138 Å². The van der Waals surface area contributed by atoms with Gasteiger partial charge in [0.25, 0.3) is 0 Å². The number of carbonyl (C=O) groups excluding carboxylic acids is 1. The molecule has 0 saturated heterocycles. The molecule has 0 aromatic carbocycles. The molecule has 0 atom stereocenters. The highest BCUT2D eigenvalue weighted by atomic mass is 16.2. The fourth-order valence-electron chi connectivity index (χ4n) is 2.65. The van der Waals surface area contributed by atoms with Crippen molar-refractivity contribution in [3.8, 4) is 12.3 Å². The van der Waals surface area contributed by atoms with Crippen LogP contribution in [0.25, 0.3) is 0 Å². The quantitative estimate of drug-likeness (QED) is 0.227. The van der Waals surface area contributed by atoms with Crippen molar-refractivity contribution in [2.75, 3.05) is 13.1 Å². The van der Waals surface area contributed by atoms with E-state index in [0.717, 1.165) is 13.0 Å². The van der Waals surface area contributed by atoms with E-state index >= 15 is 0 Å². The summed E-state index contributed by atoms with van der Waals surface area (Å²) in [6.45, 7) is 6.92. The maximum atomic E-state index is 11.5. The standard InChI is InChI=1S/C20H35NO/c1-4-7-8-9-10-11-12-13-14-15-16-17-19-21(18-5-2)20(22)6-3/h2,6H,3-4,7-19H2,1H3. The van der Waals surface area contributed by atoms with E-state index in [1.165, 1.54) is 76.7 Å². The molecule has 126 valence electrons. The van der Waals surface area contributed by atoms with Gasteiger partial charge in [-0.25, -0.2) is 0 Å². The maximum Gasteiger partial charge on any atom is 0.246 e. The zero-order valence-electron chi connectivity index (χ0n) is 14.6. The fraction of sp³-hybridized carbons (Fsp3) is 0.750. The molecule has 0 aromatic rings. The summed E-state index contributed by atoms with van der Waals surface area (Å²) >= 11 is 0. The van der Waals surface area contributed by atoms with Gasteiger partial charge in [0.15, 0.2) is 0 Å². The molecule has 0 N–H and O–H groups in total. The minimum atomic E-state index is -0.0546. The van der Waals surface area contributed by atoms with Crippen LogP contribution in [0.5, 0.6) is 0 Å². The first kappa shape index (κ1) is 20.8. The van der Waals surface area contributed by atoms with Gasteiger partial charge in [0.1, 0.15) is 0 Å². The summed E-state index contributed by atoms with van der Waals surface area (Å²) in [4.78, 5) is 13.2. The van der Waals surface area contributed by atoms with E-state index < -0.39 is 0 Å². The highest BCUT2D eigenvalue weighted by Crippen LogP contribution is 2.12. The molecule has 0 spiro atoms. The molecule has 1 amide bonds. The Bertz CT molecular complexity index is 316. The number of hydrogen-bond acceptors (Lipinski definition) is 1. The first-order valence-corrected chi connectivity index (χ1v) is 9.11. The number of terminal acetylenes is 1. The molecule has 0 rings (SSSR count). The van der Waals surface area contributed by atoms with Gasteiger partial charge >= 0.3 is 0 Å². The van der Waals surface area contributed by atoms with Crippen molar-refractivity contribution in [2.24, 2.45) is 0 Å². The Morgan fingerprint density at radius 3 is 1.82 bits per heavy atom. The predicted molar refractivity (Wildman–Crippen MR) is 96.7 cm³/mol. The van der Waals surface area contributed by atoms with Crippen LogP contribution < -0.4 is 0 Å². The van der Waals surface area contributed by atoms with E-state index in [4.69, 9.17) is 6.42 Å². The lowest BCUT2D eigenvalue weighted by atomic mass is 10.1. The number of carbonyl (C=O) groups is 1. The molecular formula is C20H35NO. The Kier molecular flexibility index (Phi) is 15.2. The van der Waals surface area contributed by atoms with Crippen LogP contribution in [-0.2, 0) is 4.79 Å².